The van der Waals surface area contributed by atoms with Crippen LogP contribution >= 0.6 is 0 Å². The van der Waals surface area contributed by atoms with Crippen LogP contribution < -0.4 is 4.74 Å². The predicted octanol–water partition coefficient (Wildman–Crippen LogP) is 4.70. The van der Waals surface area contributed by atoms with Crippen LogP contribution in [0.15, 0.2) is 59.7 Å². The molecule has 3 aromatic rings. The molecule has 0 fully saturated rings. The monoisotopic (exact) mass is 393 g/mol. The number of benzene rings is 2. The number of rotatable bonds is 7. The lowest BCUT2D eigenvalue weighted by Gasteiger charge is -2.15. The number of aryl methyl sites for hydroxylation is 2. The summed E-state index contributed by atoms with van der Waals surface area (Å²) in [4.78, 5) is 16.1. The van der Waals surface area contributed by atoms with Crippen molar-refractivity contribution in [2.75, 3.05) is 14.2 Å². The van der Waals surface area contributed by atoms with Crippen molar-refractivity contribution in [1.29, 1.82) is 0 Å². The first kappa shape index (κ1) is 20.2. The van der Waals surface area contributed by atoms with Gasteiger partial charge in [0, 0.05) is 5.56 Å². The molecule has 6 nitrogen and oxygen atoms in total. The molecule has 29 heavy (non-hydrogen) atoms. The average Bonchev–Trinajstić information content (AvgIpc) is 3.26. The van der Waals surface area contributed by atoms with Crippen LogP contribution in [-0.2, 0) is 20.9 Å². The normalized spacial score (nSPS) is 11.2. The Bertz CT molecular complexity index is 1020. The number of oxazole rings is 1. The van der Waals surface area contributed by atoms with Crippen molar-refractivity contribution in [3.63, 3.8) is 0 Å². The summed E-state index contributed by atoms with van der Waals surface area (Å²) >= 11 is 0. The first-order valence-electron chi connectivity index (χ1n) is 9.07. The Balaban J connectivity index is 1.87. The van der Waals surface area contributed by atoms with Crippen LogP contribution in [0.25, 0.3) is 16.9 Å². The maximum atomic E-state index is 12.2. The third kappa shape index (κ3) is 4.48. The molecule has 0 atom stereocenters. The smallest absolute Gasteiger partial charge is 0.341 e. The van der Waals surface area contributed by atoms with Crippen LogP contribution in [0, 0.1) is 13.8 Å². The van der Waals surface area contributed by atoms with Gasteiger partial charge in [-0.2, -0.15) is 0 Å². The highest BCUT2D eigenvalue weighted by atomic mass is 16.5. The second kappa shape index (κ2) is 9.10. The van der Waals surface area contributed by atoms with E-state index in [1.807, 2.05) is 50.2 Å². The molecule has 0 N–H and O–H groups in total. The fraction of sp³-hybridized carbons (Fsp3) is 0.217. The van der Waals surface area contributed by atoms with Crippen molar-refractivity contribution >= 4 is 11.5 Å². The largest absolute Gasteiger partial charge is 0.503 e. The summed E-state index contributed by atoms with van der Waals surface area (Å²) in [6, 6.07) is 11.5. The maximum Gasteiger partial charge on any atom is 0.341 e. The Hall–Kier alpha value is -3.54. The van der Waals surface area contributed by atoms with Gasteiger partial charge in [0.25, 0.3) is 0 Å². The average molecular weight is 393 g/mol. The van der Waals surface area contributed by atoms with E-state index in [4.69, 9.17) is 18.6 Å². The Labute approximate surface area is 169 Å². The van der Waals surface area contributed by atoms with Crippen molar-refractivity contribution in [2.24, 2.45) is 0 Å². The van der Waals surface area contributed by atoms with E-state index in [1.165, 1.54) is 26.9 Å². The van der Waals surface area contributed by atoms with Gasteiger partial charge >= 0.3 is 5.97 Å². The maximum absolute atomic E-state index is 12.2. The van der Waals surface area contributed by atoms with Crippen LogP contribution in [0.4, 0.5) is 0 Å². The number of esters is 1. The lowest BCUT2D eigenvalue weighted by atomic mass is 10.0. The van der Waals surface area contributed by atoms with Crippen LogP contribution in [0.3, 0.4) is 0 Å². The molecule has 0 amide bonds. The van der Waals surface area contributed by atoms with Gasteiger partial charge in [-0.05, 0) is 48.2 Å². The minimum atomic E-state index is -0.470. The highest BCUT2D eigenvalue weighted by Gasteiger charge is 2.17. The summed E-state index contributed by atoms with van der Waals surface area (Å²) in [6.07, 6.45) is 4.49. The minimum absolute atomic E-state index is 0.288. The predicted molar refractivity (Wildman–Crippen MR) is 109 cm³/mol. The first-order valence-corrected chi connectivity index (χ1v) is 9.07. The molecule has 0 aliphatic carbocycles. The zero-order chi connectivity index (χ0) is 20.8. The van der Waals surface area contributed by atoms with Gasteiger partial charge in [0.05, 0.1) is 26.7 Å². The number of carbonyl (C=O) groups is 1. The van der Waals surface area contributed by atoms with Crippen molar-refractivity contribution in [3.8, 4) is 17.1 Å². The molecule has 3 rings (SSSR count). The third-order valence-electron chi connectivity index (χ3n) is 4.55. The molecule has 6 heteroatoms. The molecule has 0 aliphatic rings. The first-order chi connectivity index (χ1) is 14.0. The van der Waals surface area contributed by atoms with Gasteiger partial charge in [-0.1, -0.05) is 24.3 Å². The van der Waals surface area contributed by atoms with E-state index in [1.54, 1.807) is 6.20 Å². The van der Waals surface area contributed by atoms with Crippen molar-refractivity contribution in [1.82, 2.24) is 4.98 Å². The van der Waals surface area contributed by atoms with Crippen LogP contribution in [0.5, 0.6) is 5.75 Å². The topological polar surface area (TPSA) is 70.8 Å². The number of aromatic nitrogens is 1. The molecule has 0 saturated heterocycles. The van der Waals surface area contributed by atoms with Gasteiger partial charge < -0.3 is 18.6 Å². The van der Waals surface area contributed by atoms with Crippen LogP contribution in [0.1, 0.15) is 22.3 Å². The second-order valence-corrected chi connectivity index (χ2v) is 6.50. The van der Waals surface area contributed by atoms with Gasteiger partial charge in [0.2, 0.25) is 0 Å². The summed E-state index contributed by atoms with van der Waals surface area (Å²) in [7, 11) is 2.83. The summed E-state index contributed by atoms with van der Waals surface area (Å²) in [5.74, 6) is 1.01. The molecule has 0 unspecified atom stereocenters. The number of methoxy groups -OCH3 is 2. The van der Waals surface area contributed by atoms with E-state index in [0.29, 0.717) is 11.1 Å². The second-order valence-electron chi connectivity index (χ2n) is 6.50. The van der Waals surface area contributed by atoms with Crippen molar-refractivity contribution in [2.45, 2.75) is 20.5 Å². The fourth-order valence-electron chi connectivity index (χ4n) is 3.07. The molecule has 0 radical (unpaired) electrons. The molecule has 1 aromatic heterocycles. The van der Waals surface area contributed by atoms with E-state index in [-0.39, 0.29) is 6.61 Å². The number of nitrogens with zero attached hydrogens (tertiary/aromatic N) is 1. The SMILES string of the molecule is CO/C=C(\C(=O)OC)c1ccccc1COc1cc(C)c(-c2cnco2)cc1C. The summed E-state index contributed by atoms with van der Waals surface area (Å²) in [5.41, 5.74) is 4.85. The number of hydrogen-bond donors (Lipinski definition) is 0. The Kier molecular flexibility index (Phi) is 6.34. The molecular formula is C23H23NO5. The lowest BCUT2D eigenvalue weighted by molar-refractivity contribution is -0.133. The van der Waals surface area contributed by atoms with E-state index < -0.39 is 5.97 Å². The molecule has 1 heterocycles. The quantitative estimate of drug-likeness (QED) is 0.329. The highest BCUT2D eigenvalue weighted by molar-refractivity contribution is 6.16. The molecule has 0 saturated carbocycles. The van der Waals surface area contributed by atoms with Gasteiger partial charge in [-0.15, -0.1) is 0 Å². The number of hydrogen-bond acceptors (Lipinski definition) is 6. The molecule has 0 aliphatic heterocycles. The van der Waals surface area contributed by atoms with Gasteiger partial charge in [0.1, 0.15) is 17.9 Å². The van der Waals surface area contributed by atoms with E-state index in [2.05, 4.69) is 4.98 Å². The van der Waals surface area contributed by atoms with E-state index in [0.717, 1.165) is 33.8 Å². The summed E-state index contributed by atoms with van der Waals surface area (Å²) < 4.78 is 21.4. The van der Waals surface area contributed by atoms with Gasteiger partial charge in [-0.25, -0.2) is 9.78 Å². The fourth-order valence-corrected chi connectivity index (χ4v) is 3.07. The zero-order valence-corrected chi connectivity index (χ0v) is 16.9. The van der Waals surface area contributed by atoms with Gasteiger partial charge in [-0.3, -0.25) is 0 Å². The zero-order valence-electron chi connectivity index (χ0n) is 16.9. The highest BCUT2D eigenvalue weighted by Crippen LogP contribution is 2.31. The minimum Gasteiger partial charge on any atom is -0.503 e. The van der Waals surface area contributed by atoms with Crippen molar-refractivity contribution in [3.05, 3.63) is 77.5 Å². The van der Waals surface area contributed by atoms with E-state index in [9.17, 15) is 4.79 Å². The van der Waals surface area contributed by atoms with Crippen LogP contribution in [-0.4, -0.2) is 25.2 Å². The van der Waals surface area contributed by atoms with Crippen molar-refractivity contribution < 1.29 is 23.4 Å². The molecule has 0 bridgehead atoms. The Morgan fingerprint density at radius 1 is 1.14 bits per heavy atom. The Morgan fingerprint density at radius 2 is 1.93 bits per heavy atom. The molecule has 150 valence electrons. The summed E-state index contributed by atoms with van der Waals surface area (Å²) in [5, 5.41) is 0. The molecular weight excluding hydrogens is 370 g/mol. The van der Waals surface area contributed by atoms with Crippen LogP contribution in [0.2, 0.25) is 0 Å². The molecule has 2 aromatic carbocycles. The van der Waals surface area contributed by atoms with Gasteiger partial charge in [0.15, 0.2) is 12.2 Å². The molecule has 0 spiro atoms. The number of ether oxygens (including phenoxy) is 3. The standard InChI is InChI=1S/C23H23NO5/c1-15-10-21(16(2)9-19(15)22-11-24-14-29-22)28-12-17-7-5-6-8-18(17)20(13-26-3)23(25)27-4/h5-11,13-14H,12H2,1-4H3/b20-13-. The lowest BCUT2D eigenvalue weighted by Crippen LogP contribution is -2.08. The third-order valence-corrected chi connectivity index (χ3v) is 4.55. The Morgan fingerprint density at radius 3 is 2.62 bits per heavy atom. The summed E-state index contributed by atoms with van der Waals surface area (Å²) in [6.45, 7) is 4.26. The van der Waals surface area contributed by atoms with E-state index >= 15 is 0 Å². The number of carbonyl (C=O) groups excluding carboxylic acids is 1.